The first-order chi connectivity index (χ1) is 6.79. The fourth-order valence-corrected chi connectivity index (χ4v) is 1.29. The molecule has 1 heterocycles. The number of unbranched alkanes of at least 4 members (excludes halogenated alkanes) is 1. The lowest BCUT2D eigenvalue weighted by Gasteiger charge is -2.00. The van der Waals surface area contributed by atoms with E-state index in [9.17, 15) is 4.79 Å². The summed E-state index contributed by atoms with van der Waals surface area (Å²) in [5.74, 6) is -0.276. The first kappa shape index (κ1) is 10.7. The molecule has 0 aliphatic carbocycles. The lowest BCUT2D eigenvalue weighted by molar-refractivity contribution is -0.699. The highest BCUT2D eigenvalue weighted by Crippen LogP contribution is 1.96. The normalized spacial score (nSPS) is 9.86. The SMILES string of the molecule is CCCC[n+]1ccccc1C(=O)OC. The molecule has 1 rings (SSSR count). The van der Waals surface area contributed by atoms with Crippen molar-refractivity contribution in [1.82, 2.24) is 0 Å². The summed E-state index contributed by atoms with van der Waals surface area (Å²) in [7, 11) is 1.40. The number of methoxy groups -OCH3 is 1. The van der Waals surface area contributed by atoms with Crippen LogP contribution in [-0.4, -0.2) is 13.1 Å². The molecule has 0 bridgehead atoms. The fourth-order valence-electron chi connectivity index (χ4n) is 1.29. The Bertz CT molecular complexity index is 310. The van der Waals surface area contributed by atoms with E-state index in [0.717, 1.165) is 19.4 Å². The molecule has 0 spiro atoms. The molecular weight excluding hydrogens is 178 g/mol. The second-order valence-corrected chi connectivity index (χ2v) is 3.12. The van der Waals surface area contributed by atoms with E-state index in [1.807, 2.05) is 22.9 Å². The second-order valence-electron chi connectivity index (χ2n) is 3.12. The van der Waals surface area contributed by atoms with Crippen LogP contribution in [0.2, 0.25) is 0 Å². The van der Waals surface area contributed by atoms with Crippen molar-refractivity contribution in [2.45, 2.75) is 26.3 Å². The maximum atomic E-state index is 11.4. The molecule has 1 aromatic rings. The van der Waals surface area contributed by atoms with Crippen LogP contribution >= 0.6 is 0 Å². The summed E-state index contributed by atoms with van der Waals surface area (Å²) in [5.41, 5.74) is 0.614. The molecule has 14 heavy (non-hydrogen) atoms. The average Bonchev–Trinajstić information content (AvgIpc) is 2.25. The van der Waals surface area contributed by atoms with Gasteiger partial charge in [0, 0.05) is 18.6 Å². The quantitative estimate of drug-likeness (QED) is 0.538. The Morgan fingerprint density at radius 1 is 1.50 bits per heavy atom. The number of hydrogen-bond donors (Lipinski definition) is 0. The molecule has 0 amide bonds. The zero-order valence-electron chi connectivity index (χ0n) is 8.69. The van der Waals surface area contributed by atoms with Crippen LogP contribution < -0.4 is 4.57 Å². The van der Waals surface area contributed by atoms with Gasteiger partial charge >= 0.3 is 5.97 Å². The van der Waals surface area contributed by atoms with Crippen LogP contribution in [0.15, 0.2) is 24.4 Å². The smallest absolute Gasteiger partial charge is 0.403 e. The summed E-state index contributed by atoms with van der Waals surface area (Å²) in [6.07, 6.45) is 4.09. The molecule has 0 atom stereocenters. The summed E-state index contributed by atoms with van der Waals surface area (Å²) in [4.78, 5) is 11.4. The number of esters is 1. The average molecular weight is 194 g/mol. The van der Waals surface area contributed by atoms with Gasteiger partial charge in [-0.15, -0.1) is 0 Å². The Morgan fingerprint density at radius 3 is 2.93 bits per heavy atom. The van der Waals surface area contributed by atoms with Crippen molar-refractivity contribution in [3.05, 3.63) is 30.1 Å². The third-order valence-electron chi connectivity index (χ3n) is 2.09. The predicted molar refractivity (Wildman–Crippen MR) is 52.9 cm³/mol. The van der Waals surface area contributed by atoms with E-state index in [4.69, 9.17) is 4.74 Å². The van der Waals surface area contributed by atoms with Crippen LogP contribution in [0.25, 0.3) is 0 Å². The number of nitrogens with zero attached hydrogens (tertiary/aromatic N) is 1. The molecule has 1 aromatic heterocycles. The molecule has 3 nitrogen and oxygen atoms in total. The van der Waals surface area contributed by atoms with Crippen LogP contribution in [0.5, 0.6) is 0 Å². The van der Waals surface area contributed by atoms with E-state index in [2.05, 4.69) is 6.92 Å². The summed E-state index contributed by atoms with van der Waals surface area (Å²) in [6, 6.07) is 5.54. The highest BCUT2D eigenvalue weighted by molar-refractivity contribution is 5.85. The van der Waals surface area contributed by atoms with Crippen molar-refractivity contribution in [1.29, 1.82) is 0 Å². The van der Waals surface area contributed by atoms with Crippen molar-refractivity contribution >= 4 is 5.97 Å². The molecule has 0 aliphatic heterocycles. The van der Waals surface area contributed by atoms with Gasteiger partial charge in [0.05, 0.1) is 7.11 Å². The summed E-state index contributed by atoms with van der Waals surface area (Å²) >= 11 is 0. The molecule has 76 valence electrons. The minimum absolute atomic E-state index is 0.276. The Balaban J connectivity index is 2.85. The van der Waals surface area contributed by atoms with E-state index in [1.165, 1.54) is 7.11 Å². The Labute approximate surface area is 84.3 Å². The molecule has 0 fully saturated rings. The summed E-state index contributed by atoms with van der Waals surface area (Å²) in [5, 5.41) is 0. The van der Waals surface area contributed by atoms with E-state index < -0.39 is 0 Å². The van der Waals surface area contributed by atoms with Crippen LogP contribution in [-0.2, 0) is 11.3 Å². The van der Waals surface area contributed by atoms with Crippen molar-refractivity contribution in [2.24, 2.45) is 0 Å². The topological polar surface area (TPSA) is 30.2 Å². The van der Waals surface area contributed by atoms with Crippen LogP contribution in [0, 0.1) is 0 Å². The van der Waals surface area contributed by atoms with Crippen LogP contribution in [0.3, 0.4) is 0 Å². The minimum Gasteiger partial charge on any atom is -0.461 e. The van der Waals surface area contributed by atoms with Gasteiger partial charge in [-0.25, -0.2) is 4.79 Å². The van der Waals surface area contributed by atoms with E-state index in [-0.39, 0.29) is 5.97 Å². The second kappa shape index (κ2) is 5.37. The summed E-state index contributed by atoms with van der Waals surface area (Å²) < 4.78 is 6.62. The van der Waals surface area contributed by atoms with E-state index >= 15 is 0 Å². The van der Waals surface area contributed by atoms with Gasteiger partial charge in [0.1, 0.15) is 6.54 Å². The molecule has 0 aromatic carbocycles. The van der Waals surface area contributed by atoms with Gasteiger partial charge in [-0.2, -0.15) is 4.57 Å². The van der Waals surface area contributed by atoms with Gasteiger partial charge in [-0.1, -0.05) is 13.3 Å². The largest absolute Gasteiger partial charge is 0.461 e. The van der Waals surface area contributed by atoms with Gasteiger partial charge in [0.25, 0.3) is 5.69 Å². The molecule has 0 aliphatic rings. The molecule has 0 radical (unpaired) electrons. The number of aromatic nitrogens is 1. The zero-order valence-corrected chi connectivity index (χ0v) is 8.69. The van der Waals surface area contributed by atoms with E-state index in [0.29, 0.717) is 5.69 Å². The molecular formula is C11H16NO2+. The number of carbonyl (C=O) groups excluding carboxylic acids is 1. The Morgan fingerprint density at radius 2 is 2.29 bits per heavy atom. The summed E-state index contributed by atoms with van der Waals surface area (Å²) in [6.45, 7) is 2.99. The number of carbonyl (C=O) groups is 1. The fraction of sp³-hybridized carbons (Fsp3) is 0.455. The van der Waals surface area contributed by atoms with E-state index in [1.54, 1.807) is 6.07 Å². The lowest BCUT2D eigenvalue weighted by Crippen LogP contribution is -2.40. The molecule has 0 saturated carbocycles. The van der Waals surface area contributed by atoms with Crippen molar-refractivity contribution in [3.8, 4) is 0 Å². The number of aryl methyl sites for hydroxylation is 1. The molecule has 0 saturated heterocycles. The minimum atomic E-state index is -0.276. The zero-order chi connectivity index (χ0) is 10.4. The maximum absolute atomic E-state index is 11.4. The standard InChI is InChI=1S/C11H16NO2/c1-3-4-8-12-9-6-5-7-10(12)11(13)14-2/h5-7,9H,3-4,8H2,1-2H3/q+1. The number of ether oxygens (including phenoxy) is 1. The Kier molecular flexibility index (Phi) is 4.11. The van der Waals surface area contributed by atoms with Crippen LogP contribution in [0.4, 0.5) is 0 Å². The predicted octanol–water partition coefficient (Wildman–Crippen LogP) is 1.56. The number of rotatable bonds is 4. The highest BCUT2D eigenvalue weighted by atomic mass is 16.5. The molecule has 0 unspecified atom stereocenters. The highest BCUT2D eigenvalue weighted by Gasteiger charge is 2.17. The number of hydrogen-bond acceptors (Lipinski definition) is 2. The van der Waals surface area contributed by atoms with Crippen molar-refractivity contribution in [2.75, 3.05) is 7.11 Å². The van der Waals surface area contributed by atoms with Gasteiger partial charge in [-0.05, 0) is 6.07 Å². The van der Waals surface area contributed by atoms with Gasteiger partial charge in [-0.3, -0.25) is 0 Å². The maximum Gasteiger partial charge on any atom is 0.403 e. The Hall–Kier alpha value is -1.38. The monoisotopic (exact) mass is 194 g/mol. The molecule has 0 N–H and O–H groups in total. The number of pyridine rings is 1. The third-order valence-corrected chi connectivity index (χ3v) is 2.09. The van der Waals surface area contributed by atoms with Crippen molar-refractivity contribution < 1.29 is 14.1 Å². The first-order valence-electron chi connectivity index (χ1n) is 4.86. The lowest BCUT2D eigenvalue weighted by atomic mass is 10.3. The first-order valence-corrected chi connectivity index (χ1v) is 4.86. The van der Waals surface area contributed by atoms with Crippen molar-refractivity contribution in [3.63, 3.8) is 0 Å². The van der Waals surface area contributed by atoms with Gasteiger partial charge < -0.3 is 4.74 Å². The van der Waals surface area contributed by atoms with Gasteiger partial charge in [0.15, 0.2) is 6.20 Å². The van der Waals surface area contributed by atoms with Crippen LogP contribution in [0.1, 0.15) is 30.3 Å². The van der Waals surface area contributed by atoms with Gasteiger partial charge in [0.2, 0.25) is 0 Å². The molecule has 3 heteroatoms. The third kappa shape index (κ3) is 2.55.